The van der Waals surface area contributed by atoms with Crippen LogP contribution in [0.15, 0.2) is 48.8 Å². The van der Waals surface area contributed by atoms with Gasteiger partial charge in [-0.05, 0) is 99.4 Å². The highest BCUT2D eigenvalue weighted by Gasteiger charge is 2.52. The van der Waals surface area contributed by atoms with Crippen LogP contribution in [0.3, 0.4) is 0 Å². The van der Waals surface area contributed by atoms with Gasteiger partial charge in [0.1, 0.15) is 18.1 Å². The largest absolute Gasteiger partial charge is 0.495 e. The van der Waals surface area contributed by atoms with E-state index < -0.39 is 18.3 Å². The number of benzene rings is 2. The van der Waals surface area contributed by atoms with Crippen LogP contribution >= 0.6 is 22.6 Å². The summed E-state index contributed by atoms with van der Waals surface area (Å²) < 4.78 is 22.4. The Morgan fingerprint density at radius 3 is 1.77 bits per heavy atom. The first-order valence-corrected chi connectivity index (χ1v) is 15.0. The van der Waals surface area contributed by atoms with Crippen LogP contribution in [-0.2, 0) is 18.8 Å². The number of aromatic amines is 2. The summed E-state index contributed by atoms with van der Waals surface area (Å²) in [5, 5.41) is 0. The first-order valence-electron chi connectivity index (χ1n) is 13.9. The normalized spacial score (nSPS) is 13.7. The summed E-state index contributed by atoms with van der Waals surface area (Å²) in [7, 11) is 2.25. The number of aryl methyl sites for hydroxylation is 2. The maximum Gasteiger partial charge on any atom is 0.495 e. The summed E-state index contributed by atoms with van der Waals surface area (Å²) in [6, 6.07) is 10.7. The van der Waals surface area contributed by atoms with E-state index in [-0.39, 0.29) is 25.3 Å². The van der Waals surface area contributed by atoms with Gasteiger partial charge in [-0.15, -0.1) is 13.1 Å². The number of H-pyrrole nitrogens is 2. The molecule has 4 aromatic rings. The number of aromatic nitrogens is 4. The average Bonchev–Trinajstić information content (AvgIpc) is 3.74. The van der Waals surface area contributed by atoms with Crippen LogP contribution < -0.4 is 5.46 Å². The van der Waals surface area contributed by atoms with Gasteiger partial charge in [0.25, 0.3) is 0 Å². The third-order valence-corrected chi connectivity index (χ3v) is 8.01. The second-order valence-corrected chi connectivity index (χ2v) is 12.2. The first kappa shape index (κ1) is 38.7. The van der Waals surface area contributed by atoms with Crippen molar-refractivity contribution in [1.29, 1.82) is 0 Å². The van der Waals surface area contributed by atoms with Crippen molar-refractivity contribution in [1.82, 2.24) is 19.9 Å². The van der Waals surface area contributed by atoms with E-state index in [2.05, 4.69) is 57.0 Å². The van der Waals surface area contributed by atoms with Gasteiger partial charge in [-0.2, -0.15) is 9.97 Å². The zero-order valence-electron chi connectivity index (χ0n) is 26.8. The van der Waals surface area contributed by atoms with Gasteiger partial charge < -0.3 is 33.5 Å². The number of ether oxygens (including phenoxy) is 2. The monoisotopic (exact) mass is 752 g/mol. The van der Waals surface area contributed by atoms with E-state index in [4.69, 9.17) is 27.2 Å². The Balaban J connectivity index is 0.000000262. The van der Waals surface area contributed by atoms with Gasteiger partial charge >= 0.3 is 31.0 Å². The van der Waals surface area contributed by atoms with Crippen molar-refractivity contribution in [2.75, 3.05) is 14.2 Å². The minimum Gasteiger partial charge on any atom is -0.465 e. The molecular formula is C33H38BIN6O6. The number of carbonyl (C=O) groups excluding carboxylic acids is 2. The number of carbonyl (C=O) groups is 2. The molecule has 47 heavy (non-hydrogen) atoms. The smallest absolute Gasteiger partial charge is 0.465 e. The molecule has 2 aromatic carbocycles. The standard InChI is InChI=1S/C15H21BO4.C13H11N3O2.C4H2IN3.CH4/c1-10-7-8-11(13(17)18-6)9-12(10)16-19-14(2,3)15(4,5)20-16;1-8-4-5-9(12(17)18-3)6-10(8)11-7-15-13(14-2)16-11;1-6-4-7-2-3(5)8-4;/h7-9H,1-6H3;4-7H,1,3H3,(H,15,16);2H,(H,7,8);1H4. The maximum atomic E-state index is 11.6. The SMILES string of the molecule is C.COC(=O)c1ccc(C)c(B2OC(C)(C)C(C)(C)O2)c1.[C-]#[N+]c1ncc(-c2cc(C(=O)OC)ccc2C)[nH]1.[C-]#[N+]c1ncc(I)[nH]1. The molecule has 0 saturated carbocycles. The molecule has 1 aliphatic rings. The summed E-state index contributed by atoms with van der Waals surface area (Å²) in [6.45, 7) is 25.3. The highest BCUT2D eigenvalue weighted by Crippen LogP contribution is 2.36. The lowest BCUT2D eigenvalue weighted by molar-refractivity contribution is 0.00578. The second-order valence-electron chi connectivity index (χ2n) is 11.1. The molecule has 12 nitrogen and oxygen atoms in total. The molecule has 2 aromatic heterocycles. The summed E-state index contributed by atoms with van der Waals surface area (Å²) >= 11 is 2.06. The minimum atomic E-state index is -0.468. The Morgan fingerprint density at radius 2 is 1.32 bits per heavy atom. The first-order chi connectivity index (χ1) is 21.7. The van der Waals surface area contributed by atoms with E-state index >= 15 is 0 Å². The molecule has 0 unspecified atom stereocenters. The lowest BCUT2D eigenvalue weighted by Gasteiger charge is -2.32. The van der Waals surface area contributed by atoms with Gasteiger partial charge in [0.2, 0.25) is 0 Å². The molecule has 3 heterocycles. The number of halogens is 1. The van der Waals surface area contributed by atoms with E-state index in [0.717, 1.165) is 25.9 Å². The van der Waals surface area contributed by atoms with Crippen LogP contribution in [0.25, 0.3) is 20.9 Å². The molecule has 2 N–H and O–H groups in total. The molecule has 0 bridgehead atoms. The Hall–Kier alpha value is -4.51. The number of imidazole rings is 2. The molecule has 0 atom stereocenters. The Kier molecular flexibility index (Phi) is 13.5. The lowest BCUT2D eigenvalue weighted by atomic mass is 9.75. The van der Waals surface area contributed by atoms with Crippen LogP contribution in [0.4, 0.5) is 11.9 Å². The molecule has 0 spiro atoms. The summed E-state index contributed by atoms with van der Waals surface area (Å²) in [5.41, 5.74) is 4.60. The summed E-state index contributed by atoms with van der Waals surface area (Å²) in [5.74, 6) is -0.161. The summed E-state index contributed by atoms with van der Waals surface area (Å²) in [4.78, 5) is 42.7. The van der Waals surface area contributed by atoms with Crippen molar-refractivity contribution >= 4 is 59.0 Å². The molecule has 1 aliphatic heterocycles. The zero-order valence-corrected chi connectivity index (χ0v) is 29.0. The summed E-state index contributed by atoms with van der Waals surface area (Å²) in [6.07, 6.45) is 3.20. The molecule has 14 heteroatoms. The second kappa shape index (κ2) is 16.4. The quantitative estimate of drug-likeness (QED) is 0.0985. The van der Waals surface area contributed by atoms with Crippen molar-refractivity contribution in [3.8, 4) is 11.3 Å². The maximum absolute atomic E-state index is 11.6. The molecule has 1 fully saturated rings. The van der Waals surface area contributed by atoms with Crippen LogP contribution in [-0.4, -0.2) is 64.4 Å². The van der Waals surface area contributed by atoms with E-state index in [1.165, 1.54) is 14.2 Å². The number of esters is 2. The number of hydrogen-bond acceptors (Lipinski definition) is 8. The molecule has 5 rings (SSSR count). The Bertz CT molecular complexity index is 1790. The molecule has 1 saturated heterocycles. The van der Waals surface area contributed by atoms with Crippen LogP contribution in [0, 0.1) is 30.7 Å². The van der Waals surface area contributed by atoms with Gasteiger partial charge in [-0.1, -0.05) is 25.1 Å². The van der Waals surface area contributed by atoms with Crippen LogP contribution in [0.5, 0.6) is 0 Å². The fourth-order valence-corrected chi connectivity index (χ4v) is 4.50. The van der Waals surface area contributed by atoms with Gasteiger partial charge in [0.05, 0.1) is 36.5 Å². The molecule has 0 aliphatic carbocycles. The van der Waals surface area contributed by atoms with E-state index in [1.807, 2.05) is 53.7 Å². The van der Waals surface area contributed by atoms with Gasteiger partial charge in [-0.3, -0.25) is 4.98 Å². The fourth-order valence-electron chi connectivity index (χ4n) is 4.12. The average molecular weight is 752 g/mol. The van der Waals surface area contributed by atoms with Crippen LogP contribution in [0.1, 0.15) is 67.0 Å². The number of hydrogen-bond donors (Lipinski definition) is 2. The highest BCUT2D eigenvalue weighted by molar-refractivity contribution is 14.1. The van der Waals surface area contributed by atoms with E-state index in [1.54, 1.807) is 36.7 Å². The number of nitrogens with zero attached hydrogens (tertiary/aromatic N) is 4. The van der Waals surface area contributed by atoms with E-state index in [0.29, 0.717) is 22.8 Å². The predicted molar refractivity (Wildman–Crippen MR) is 189 cm³/mol. The topological polar surface area (TPSA) is 137 Å². The van der Waals surface area contributed by atoms with Crippen molar-refractivity contribution in [2.45, 2.75) is 60.2 Å². The van der Waals surface area contributed by atoms with E-state index in [9.17, 15) is 9.59 Å². The Morgan fingerprint density at radius 1 is 0.830 bits per heavy atom. The van der Waals surface area contributed by atoms with Crippen molar-refractivity contribution in [3.63, 3.8) is 0 Å². The van der Waals surface area contributed by atoms with Crippen molar-refractivity contribution in [2.24, 2.45) is 0 Å². The fraction of sp³-hybridized carbons (Fsp3) is 0.333. The van der Waals surface area contributed by atoms with Crippen molar-refractivity contribution in [3.05, 3.63) is 97.6 Å². The minimum absolute atomic E-state index is 0. The molecule has 0 amide bonds. The number of rotatable bonds is 4. The molecule has 0 radical (unpaired) electrons. The predicted octanol–water partition coefficient (Wildman–Crippen LogP) is 7.00. The van der Waals surface area contributed by atoms with Crippen LogP contribution in [0.2, 0.25) is 0 Å². The third kappa shape index (κ3) is 9.51. The van der Waals surface area contributed by atoms with Crippen molar-refractivity contribution < 1.29 is 28.4 Å². The molecular weight excluding hydrogens is 714 g/mol. The number of nitrogens with one attached hydrogen (secondary N) is 2. The number of methoxy groups -OCH3 is 2. The molecule has 246 valence electrons. The zero-order chi connectivity index (χ0) is 34.2. The Labute approximate surface area is 289 Å². The highest BCUT2D eigenvalue weighted by atomic mass is 127. The van der Waals surface area contributed by atoms with Gasteiger partial charge in [0.15, 0.2) is 3.70 Å². The van der Waals surface area contributed by atoms with Gasteiger partial charge in [-0.25, -0.2) is 9.59 Å². The third-order valence-electron chi connectivity index (χ3n) is 7.46. The van der Waals surface area contributed by atoms with Gasteiger partial charge in [0, 0.05) is 5.56 Å². The lowest BCUT2D eigenvalue weighted by Crippen LogP contribution is -2.41.